The van der Waals surface area contributed by atoms with Crippen LogP contribution in [0.1, 0.15) is 16.3 Å². The number of aromatic nitrogens is 2. The number of benzene rings is 1. The molecule has 0 saturated carbocycles. The van der Waals surface area contributed by atoms with Crippen molar-refractivity contribution in [1.82, 2.24) is 9.38 Å². The molecule has 0 spiro atoms. The number of hydrogen-bond donors (Lipinski definition) is 2. The molecule has 3 rings (SSSR count). The zero-order chi connectivity index (χ0) is 15.7. The van der Waals surface area contributed by atoms with E-state index < -0.39 is 5.97 Å². The fourth-order valence-corrected chi connectivity index (χ4v) is 2.28. The molecular formula is C15H11ClN2O4. The molecule has 0 aliphatic rings. The summed E-state index contributed by atoms with van der Waals surface area (Å²) in [7, 11) is 0. The number of fused-ring (bicyclic) bond motifs is 1. The van der Waals surface area contributed by atoms with Crippen LogP contribution in [0.15, 0.2) is 42.6 Å². The summed E-state index contributed by atoms with van der Waals surface area (Å²) in [4.78, 5) is 15.3. The normalized spacial score (nSPS) is 10.8. The average molecular weight is 319 g/mol. The van der Waals surface area contributed by atoms with Gasteiger partial charge >= 0.3 is 5.97 Å². The number of pyridine rings is 1. The van der Waals surface area contributed by atoms with Gasteiger partial charge in [0.25, 0.3) is 0 Å². The molecule has 0 aliphatic heterocycles. The van der Waals surface area contributed by atoms with Crippen molar-refractivity contribution in [3.63, 3.8) is 0 Å². The smallest absolute Gasteiger partial charge is 0.356 e. The van der Waals surface area contributed by atoms with Gasteiger partial charge in [0, 0.05) is 5.02 Å². The SMILES string of the molecule is O=C(O)c1nc(COc2cccc(Cl)c2)n2cc(O)ccc12. The summed E-state index contributed by atoms with van der Waals surface area (Å²) in [5.74, 6) is -0.229. The van der Waals surface area contributed by atoms with Crippen molar-refractivity contribution in [3.8, 4) is 11.5 Å². The van der Waals surface area contributed by atoms with Gasteiger partial charge in [-0.3, -0.25) is 4.40 Å². The zero-order valence-electron chi connectivity index (χ0n) is 11.2. The highest BCUT2D eigenvalue weighted by Gasteiger charge is 2.17. The van der Waals surface area contributed by atoms with Gasteiger partial charge in [-0.15, -0.1) is 0 Å². The van der Waals surface area contributed by atoms with E-state index in [1.807, 2.05) is 0 Å². The molecule has 0 aliphatic carbocycles. The maximum Gasteiger partial charge on any atom is 0.356 e. The number of nitrogens with zero attached hydrogens (tertiary/aromatic N) is 2. The first kappa shape index (κ1) is 14.2. The van der Waals surface area contributed by atoms with Crippen molar-refractivity contribution in [1.29, 1.82) is 0 Å². The molecule has 1 aromatic carbocycles. The Balaban J connectivity index is 1.96. The number of ether oxygens (including phenoxy) is 1. The van der Waals surface area contributed by atoms with Crippen molar-refractivity contribution in [2.75, 3.05) is 0 Å². The average Bonchev–Trinajstić information content (AvgIpc) is 2.83. The number of aromatic hydroxyl groups is 1. The van der Waals surface area contributed by atoms with Gasteiger partial charge in [0.05, 0.1) is 11.7 Å². The molecule has 2 aromatic heterocycles. The molecule has 0 radical (unpaired) electrons. The van der Waals surface area contributed by atoms with E-state index in [2.05, 4.69) is 4.98 Å². The van der Waals surface area contributed by atoms with Crippen LogP contribution in [-0.4, -0.2) is 25.6 Å². The molecular weight excluding hydrogens is 308 g/mol. The van der Waals surface area contributed by atoms with E-state index in [1.165, 1.54) is 22.7 Å². The van der Waals surface area contributed by atoms with E-state index in [-0.39, 0.29) is 18.1 Å². The van der Waals surface area contributed by atoms with Crippen LogP contribution in [0.4, 0.5) is 0 Å². The lowest BCUT2D eigenvalue weighted by molar-refractivity contribution is 0.0693. The Morgan fingerprint density at radius 1 is 1.32 bits per heavy atom. The van der Waals surface area contributed by atoms with Gasteiger partial charge in [-0.2, -0.15) is 0 Å². The molecule has 2 N–H and O–H groups in total. The monoisotopic (exact) mass is 318 g/mol. The molecule has 6 nitrogen and oxygen atoms in total. The lowest BCUT2D eigenvalue weighted by atomic mass is 10.3. The Bertz CT molecular complexity index is 860. The summed E-state index contributed by atoms with van der Waals surface area (Å²) in [5.41, 5.74) is 0.291. The van der Waals surface area contributed by atoms with Crippen LogP contribution in [0.5, 0.6) is 11.5 Å². The second-order valence-electron chi connectivity index (χ2n) is 4.57. The van der Waals surface area contributed by atoms with Gasteiger partial charge in [-0.25, -0.2) is 9.78 Å². The number of rotatable bonds is 4. The third-order valence-corrected chi connectivity index (χ3v) is 3.30. The maximum absolute atomic E-state index is 11.2. The first-order valence-electron chi connectivity index (χ1n) is 6.36. The van der Waals surface area contributed by atoms with Gasteiger partial charge in [-0.1, -0.05) is 17.7 Å². The number of aromatic carboxylic acids is 1. The summed E-state index contributed by atoms with van der Waals surface area (Å²) >= 11 is 5.88. The van der Waals surface area contributed by atoms with E-state index in [1.54, 1.807) is 24.3 Å². The standard InChI is InChI=1S/C15H11ClN2O4/c16-9-2-1-3-11(6-9)22-8-13-17-14(15(20)21)12-5-4-10(19)7-18(12)13/h1-7,19H,8H2,(H,20,21). The summed E-state index contributed by atoms with van der Waals surface area (Å²) in [5, 5.41) is 19.3. The maximum atomic E-state index is 11.2. The highest BCUT2D eigenvalue weighted by molar-refractivity contribution is 6.30. The Hall–Kier alpha value is -2.73. The second-order valence-corrected chi connectivity index (χ2v) is 5.01. The minimum Gasteiger partial charge on any atom is -0.506 e. The third kappa shape index (κ3) is 2.68. The third-order valence-electron chi connectivity index (χ3n) is 3.06. The number of carboxylic acid groups (broad SMARTS) is 1. The second kappa shape index (κ2) is 5.57. The molecule has 112 valence electrons. The number of carbonyl (C=O) groups is 1. The Morgan fingerprint density at radius 3 is 2.86 bits per heavy atom. The largest absolute Gasteiger partial charge is 0.506 e. The quantitative estimate of drug-likeness (QED) is 0.772. The van der Waals surface area contributed by atoms with Crippen molar-refractivity contribution in [2.24, 2.45) is 0 Å². The van der Waals surface area contributed by atoms with E-state index in [9.17, 15) is 15.0 Å². The van der Waals surface area contributed by atoms with Crippen LogP contribution in [0, 0.1) is 0 Å². The highest BCUT2D eigenvalue weighted by atomic mass is 35.5. The van der Waals surface area contributed by atoms with Crippen LogP contribution >= 0.6 is 11.6 Å². The first-order valence-corrected chi connectivity index (χ1v) is 6.74. The summed E-state index contributed by atoms with van der Waals surface area (Å²) in [6, 6.07) is 9.75. The molecule has 0 fully saturated rings. The van der Waals surface area contributed by atoms with E-state index in [0.29, 0.717) is 22.1 Å². The van der Waals surface area contributed by atoms with Crippen LogP contribution in [0.25, 0.3) is 5.52 Å². The lowest BCUT2D eigenvalue weighted by Gasteiger charge is -2.06. The molecule has 0 unspecified atom stereocenters. The summed E-state index contributed by atoms with van der Waals surface area (Å²) in [6.07, 6.45) is 1.39. The molecule has 0 atom stereocenters. The predicted molar refractivity (Wildman–Crippen MR) is 79.6 cm³/mol. The fourth-order valence-electron chi connectivity index (χ4n) is 2.10. The van der Waals surface area contributed by atoms with Crippen LogP contribution in [0.3, 0.4) is 0 Å². The van der Waals surface area contributed by atoms with Crippen molar-refractivity contribution in [3.05, 3.63) is 59.1 Å². The lowest BCUT2D eigenvalue weighted by Crippen LogP contribution is -2.01. The molecule has 0 bridgehead atoms. The molecule has 2 heterocycles. The number of halogens is 1. The summed E-state index contributed by atoms with van der Waals surface area (Å²) in [6.45, 7) is 0.0399. The van der Waals surface area contributed by atoms with Crippen LogP contribution in [0.2, 0.25) is 5.02 Å². The van der Waals surface area contributed by atoms with Gasteiger partial charge in [0.1, 0.15) is 18.1 Å². The van der Waals surface area contributed by atoms with Crippen molar-refractivity contribution < 1.29 is 19.7 Å². The van der Waals surface area contributed by atoms with Gasteiger partial charge < -0.3 is 14.9 Å². The molecule has 22 heavy (non-hydrogen) atoms. The number of carboxylic acids is 1. The topological polar surface area (TPSA) is 84.1 Å². The van der Waals surface area contributed by atoms with Gasteiger partial charge in [0.15, 0.2) is 11.5 Å². The Morgan fingerprint density at radius 2 is 2.14 bits per heavy atom. The van der Waals surface area contributed by atoms with E-state index in [0.717, 1.165) is 0 Å². The van der Waals surface area contributed by atoms with Crippen LogP contribution < -0.4 is 4.74 Å². The Labute approximate surface area is 130 Å². The fraction of sp³-hybridized carbons (Fsp3) is 0.0667. The molecule has 7 heteroatoms. The van der Waals surface area contributed by atoms with Gasteiger partial charge in [-0.05, 0) is 30.3 Å². The minimum atomic E-state index is -1.14. The summed E-state index contributed by atoms with van der Waals surface area (Å²) < 4.78 is 7.06. The molecule has 3 aromatic rings. The highest BCUT2D eigenvalue weighted by Crippen LogP contribution is 2.21. The predicted octanol–water partition coefficient (Wildman–Crippen LogP) is 2.97. The van der Waals surface area contributed by atoms with Crippen molar-refractivity contribution in [2.45, 2.75) is 6.61 Å². The molecule has 0 saturated heterocycles. The minimum absolute atomic E-state index is 0.00541. The number of hydrogen-bond acceptors (Lipinski definition) is 4. The Kier molecular flexibility index (Phi) is 3.60. The first-order chi connectivity index (χ1) is 10.5. The van der Waals surface area contributed by atoms with Gasteiger partial charge in [0.2, 0.25) is 0 Å². The molecule has 0 amide bonds. The zero-order valence-corrected chi connectivity index (χ0v) is 12.0. The van der Waals surface area contributed by atoms with E-state index in [4.69, 9.17) is 16.3 Å². The van der Waals surface area contributed by atoms with Crippen LogP contribution in [-0.2, 0) is 6.61 Å². The van der Waals surface area contributed by atoms with Crippen molar-refractivity contribution >= 4 is 23.1 Å². The van der Waals surface area contributed by atoms with E-state index >= 15 is 0 Å². The number of imidazole rings is 1.